The highest BCUT2D eigenvalue weighted by molar-refractivity contribution is 7.89. The van der Waals surface area contributed by atoms with Crippen LogP contribution in [-0.4, -0.2) is 55.6 Å². The molecule has 0 spiro atoms. The summed E-state index contributed by atoms with van der Waals surface area (Å²) in [5, 5.41) is 2.73. The monoisotopic (exact) mass is 387 g/mol. The molecule has 0 radical (unpaired) electrons. The lowest BCUT2D eigenvalue weighted by molar-refractivity contribution is -0.131. The lowest BCUT2D eigenvalue weighted by Crippen LogP contribution is -2.34. The zero-order valence-corrected chi connectivity index (χ0v) is 15.9. The number of likely N-dealkylation sites (tertiary alicyclic amines) is 1. The molecule has 1 fully saturated rings. The van der Waals surface area contributed by atoms with E-state index in [1.807, 2.05) is 0 Å². The Morgan fingerprint density at radius 1 is 1.32 bits per heavy atom. The summed E-state index contributed by atoms with van der Waals surface area (Å²) in [7, 11) is -3.74. The van der Waals surface area contributed by atoms with Gasteiger partial charge in [-0.15, -0.1) is 0 Å². The van der Waals surface area contributed by atoms with E-state index in [1.165, 1.54) is 27.4 Å². The summed E-state index contributed by atoms with van der Waals surface area (Å²) < 4.78 is 26.6. The van der Waals surface area contributed by atoms with Gasteiger partial charge in [0.25, 0.3) is 0 Å². The van der Waals surface area contributed by atoms with Crippen LogP contribution < -0.4 is 5.32 Å². The number of carbonyl (C=O) groups is 2. The summed E-state index contributed by atoms with van der Waals surface area (Å²) >= 11 is 6.06. The topological polar surface area (TPSA) is 86.8 Å². The van der Waals surface area contributed by atoms with Crippen molar-refractivity contribution in [3.63, 3.8) is 0 Å². The highest BCUT2D eigenvalue weighted by Gasteiger charge is 2.26. The fourth-order valence-corrected chi connectivity index (χ4v) is 4.68. The third-order valence-electron chi connectivity index (χ3n) is 4.04. The molecule has 2 amide bonds. The van der Waals surface area contributed by atoms with E-state index in [0.717, 1.165) is 6.42 Å². The predicted octanol–water partition coefficient (Wildman–Crippen LogP) is 1.93. The van der Waals surface area contributed by atoms with Crippen LogP contribution in [0.25, 0.3) is 0 Å². The highest BCUT2D eigenvalue weighted by Crippen LogP contribution is 2.27. The van der Waals surface area contributed by atoms with E-state index >= 15 is 0 Å². The minimum absolute atomic E-state index is 0.0421. The Morgan fingerprint density at radius 3 is 2.56 bits per heavy atom. The van der Waals surface area contributed by atoms with Crippen molar-refractivity contribution in [2.45, 2.75) is 31.6 Å². The number of carbonyl (C=O) groups excluding carboxylic acids is 2. The van der Waals surface area contributed by atoms with Crippen molar-refractivity contribution in [2.75, 3.05) is 31.5 Å². The van der Waals surface area contributed by atoms with Gasteiger partial charge in [0, 0.05) is 31.7 Å². The fourth-order valence-electron chi connectivity index (χ4n) is 2.73. The molecule has 0 atom stereocenters. The van der Waals surface area contributed by atoms with Crippen molar-refractivity contribution in [3.05, 3.63) is 23.2 Å². The van der Waals surface area contributed by atoms with Crippen LogP contribution in [0.3, 0.4) is 0 Å². The van der Waals surface area contributed by atoms with Crippen LogP contribution in [0.15, 0.2) is 23.1 Å². The average molecular weight is 388 g/mol. The number of halogens is 1. The molecule has 1 aromatic carbocycles. The van der Waals surface area contributed by atoms with Crippen LogP contribution in [0.5, 0.6) is 0 Å². The average Bonchev–Trinajstić information content (AvgIpc) is 2.95. The van der Waals surface area contributed by atoms with Gasteiger partial charge >= 0.3 is 0 Å². The molecule has 0 unspecified atom stereocenters. The summed E-state index contributed by atoms with van der Waals surface area (Å²) in [6.45, 7) is 4.65. The maximum atomic E-state index is 12.7. The van der Waals surface area contributed by atoms with E-state index in [1.54, 1.807) is 13.8 Å². The first kappa shape index (κ1) is 19.7. The quantitative estimate of drug-likeness (QED) is 0.774. The molecule has 1 N–H and O–H groups in total. The van der Waals surface area contributed by atoms with Gasteiger partial charge in [0.2, 0.25) is 21.8 Å². The molecule has 2 rings (SSSR count). The van der Waals surface area contributed by atoms with Crippen molar-refractivity contribution in [3.8, 4) is 0 Å². The van der Waals surface area contributed by atoms with Crippen LogP contribution >= 0.6 is 11.6 Å². The largest absolute Gasteiger partial charge is 0.333 e. The smallest absolute Gasteiger partial charge is 0.244 e. The van der Waals surface area contributed by atoms with Crippen LogP contribution in [-0.2, 0) is 19.6 Å². The second-order valence-corrected chi connectivity index (χ2v) is 8.02. The van der Waals surface area contributed by atoms with Gasteiger partial charge in [-0.1, -0.05) is 25.4 Å². The number of amides is 2. The van der Waals surface area contributed by atoms with Crippen molar-refractivity contribution < 1.29 is 18.0 Å². The first-order valence-electron chi connectivity index (χ1n) is 8.17. The Labute approximate surface area is 153 Å². The highest BCUT2D eigenvalue weighted by atomic mass is 35.5. The van der Waals surface area contributed by atoms with Crippen LogP contribution in [0.1, 0.15) is 26.7 Å². The number of benzene rings is 1. The van der Waals surface area contributed by atoms with E-state index in [9.17, 15) is 18.0 Å². The molecule has 1 aliphatic heterocycles. The van der Waals surface area contributed by atoms with E-state index in [2.05, 4.69) is 5.32 Å². The number of rotatable bonds is 7. The van der Waals surface area contributed by atoms with Crippen molar-refractivity contribution >= 4 is 39.1 Å². The molecule has 7 nitrogen and oxygen atoms in total. The molecule has 1 aliphatic rings. The molecular formula is C16H22ClN3O4S. The number of anilines is 1. The van der Waals surface area contributed by atoms with Crippen molar-refractivity contribution in [1.82, 2.24) is 9.21 Å². The molecular weight excluding hydrogens is 366 g/mol. The Balaban J connectivity index is 2.18. The van der Waals surface area contributed by atoms with E-state index < -0.39 is 10.0 Å². The summed E-state index contributed by atoms with van der Waals surface area (Å²) in [4.78, 5) is 25.1. The van der Waals surface area contributed by atoms with Gasteiger partial charge in [-0.3, -0.25) is 9.59 Å². The maximum Gasteiger partial charge on any atom is 0.244 e. The predicted molar refractivity (Wildman–Crippen MR) is 96.0 cm³/mol. The molecule has 1 saturated heterocycles. The number of nitrogens with zero attached hydrogens (tertiary/aromatic N) is 2. The second-order valence-electron chi connectivity index (χ2n) is 5.70. The van der Waals surface area contributed by atoms with Gasteiger partial charge in [0.1, 0.15) is 4.90 Å². The van der Waals surface area contributed by atoms with Gasteiger partial charge < -0.3 is 10.2 Å². The van der Waals surface area contributed by atoms with Gasteiger partial charge in [-0.25, -0.2) is 8.42 Å². The van der Waals surface area contributed by atoms with Crippen LogP contribution in [0.2, 0.25) is 5.02 Å². The lowest BCUT2D eigenvalue weighted by atomic mass is 10.3. The van der Waals surface area contributed by atoms with Crippen LogP contribution in [0, 0.1) is 0 Å². The van der Waals surface area contributed by atoms with Gasteiger partial charge in [0.15, 0.2) is 0 Å². The molecule has 0 saturated carbocycles. The summed E-state index contributed by atoms with van der Waals surface area (Å²) in [5.74, 6) is -0.417. The molecule has 25 heavy (non-hydrogen) atoms. The Morgan fingerprint density at radius 2 is 2.00 bits per heavy atom. The van der Waals surface area contributed by atoms with Crippen LogP contribution in [0.4, 0.5) is 5.69 Å². The summed E-state index contributed by atoms with van der Waals surface area (Å²) in [6.07, 6.45) is 1.21. The van der Waals surface area contributed by atoms with E-state index in [4.69, 9.17) is 11.6 Å². The summed E-state index contributed by atoms with van der Waals surface area (Å²) in [5.41, 5.74) is 0.326. The third kappa shape index (κ3) is 4.50. The SMILES string of the molecule is CCN(CC)S(=O)(=O)c1cc(NC(=O)CN2CCCC2=O)ccc1Cl. The number of sulfonamides is 1. The number of nitrogens with one attached hydrogen (secondary N) is 1. The molecule has 138 valence electrons. The molecule has 1 aromatic rings. The number of hydrogen-bond acceptors (Lipinski definition) is 4. The Kier molecular flexibility index (Phi) is 6.42. The van der Waals surface area contributed by atoms with Gasteiger partial charge in [-0.05, 0) is 24.6 Å². The zero-order valence-electron chi connectivity index (χ0n) is 14.3. The van der Waals surface area contributed by atoms with E-state index in [-0.39, 0.29) is 28.3 Å². The molecule has 9 heteroatoms. The first-order chi connectivity index (χ1) is 11.8. The van der Waals surface area contributed by atoms with E-state index in [0.29, 0.717) is 31.7 Å². The third-order valence-corrected chi connectivity index (χ3v) is 6.58. The Hall–Kier alpha value is -1.64. The molecule has 1 heterocycles. The van der Waals surface area contributed by atoms with Gasteiger partial charge in [0.05, 0.1) is 11.6 Å². The molecule has 0 bridgehead atoms. The minimum Gasteiger partial charge on any atom is -0.333 e. The minimum atomic E-state index is -3.74. The normalized spacial score (nSPS) is 15.0. The van der Waals surface area contributed by atoms with Crippen molar-refractivity contribution in [1.29, 1.82) is 0 Å². The zero-order chi connectivity index (χ0) is 18.6. The maximum absolute atomic E-state index is 12.7. The first-order valence-corrected chi connectivity index (χ1v) is 9.98. The Bertz CT molecular complexity index is 763. The standard InChI is InChI=1S/C16H22ClN3O4S/c1-3-20(4-2)25(23,24)14-10-12(7-8-13(14)17)18-15(21)11-19-9-5-6-16(19)22/h7-8,10H,3-6,9,11H2,1-2H3,(H,18,21). The molecule has 0 aliphatic carbocycles. The number of hydrogen-bond donors (Lipinski definition) is 1. The second kappa shape index (κ2) is 8.16. The molecule has 0 aromatic heterocycles. The lowest BCUT2D eigenvalue weighted by Gasteiger charge is -2.20. The fraction of sp³-hybridized carbons (Fsp3) is 0.500. The van der Waals surface area contributed by atoms with Crippen molar-refractivity contribution in [2.24, 2.45) is 0 Å². The van der Waals surface area contributed by atoms with Gasteiger partial charge in [-0.2, -0.15) is 4.31 Å². The summed E-state index contributed by atoms with van der Waals surface area (Å²) in [6, 6.07) is 4.32.